The highest BCUT2D eigenvalue weighted by Gasteiger charge is 2.50. The maximum absolute atomic E-state index is 11.8. The van der Waals surface area contributed by atoms with Crippen LogP contribution < -0.4 is 5.32 Å². The molecule has 0 unspecified atom stereocenters. The molecular formula is C20H26F6N4O6. The Morgan fingerprint density at radius 3 is 2.14 bits per heavy atom. The summed E-state index contributed by atoms with van der Waals surface area (Å²) in [5.74, 6) is -5.03. The van der Waals surface area contributed by atoms with Gasteiger partial charge in [0.2, 0.25) is 0 Å². The predicted molar refractivity (Wildman–Crippen MR) is 111 cm³/mol. The first-order valence-corrected chi connectivity index (χ1v) is 10.2. The lowest BCUT2D eigenvalue weighted by molar-refractivity contribution is -0.193. The number of hydrogen-bond donors (Lipinski definition) is 3. The van der Waals surface area contributed by atoms with E-state index >= 15 is 0 Å². The van der Waals surface area contributed by atoms with Crippen molar-refractivity contribution in [2.24, 2.45) is 11.3 Å². The van der Waals surface area contributed by atoms with E-state index in [0.717, 1.165) is 38.5 Å². The third-order valence-electron chi connectivity index (χ3n) is 5.19. The second kappa shape index (κ2) is 12.7. The molecule has 0 bridgehead atoms. The van der Waals surface area contributed by atoms with Gasteiger partial charge >= 0.3 is 30.3 Å². The van der Waals surface area contributed by atoms with Gasteiger partial charge in [-0.2, -0.15) is 26.3 Å². The van der Waals surface area contributed by atoms with E-state index in [2.05, 4.69) is 21.3 Å². The number of halogens is 6. The molecule has 204 valence electrons. The quantitative estimate of drug-likeness (QED) is 0.503. The van der Waals surface area contributed by atoms with E-state index in [1.165, 1.54) is 0 Å². The molecule has 3 rings (SSSR count). The maximum atomic E-state index is 11.8. The highest BCUT2D eigenvalue weighted by molar-refractivity contribution is 5.74. The molecule has 2 atom stereocenters. The highest BCUT2D eigenvalue weighted by Crippen LogP contribution is 2.41. The lowest BCUT2D eigenvalue weighted by atomic mass is 9.81. The van der Waals surface area contributed by atoms with Crippen LogP contribution in [0.3, 0.4) is 0 Å². The fraction of sp³-hybridized carbons (Fsp3) is 0.600. The van der Waals surface area contributed by atoms with Crippen LogP contribution in [0.15, 0.2) is 24.4 Å². The van der Waals surface area contributed by atoms with Crippen LogP contribution in [0.4, 0.5) is 31.1 Å². The van der Waals surface area contributed by atoms with Crippen LogP contribution in [-0.2, 0) is 20.9 Å². The average molecular weight is 532 g/mol. The van der Waals surface area contributed by atoms with E-state index in [1.807, 2.05) is 18.3 Å². The largest absolute Gasteiger partial charge is 0.490 e. The van der Waals surface area contributed by atoms with Crippen molar-refractivity contribution in [3.63, 3.8) is 0 Å². The molecule has 2 fully saturated rings. The molecule has 0 spiro atoms. The molecule has 2 amide bonds. The molecule has 2 aliphatic rings. The summed E-state index contributed by atoms with van der Waals surface area (Å²) in [5, 5.41) is 17.3. The third kappa shape index (κ3) is 9.85. The van der Waals surface area contributed by atoms with E-state index in [4.69, 9.17) is 24.5 Å². The van der Waals surface area contributed by atoms with Crippen molar-refractivity contribution in [1.29, 1.82) is 0 Å². The number of hydrogen-bond acceptors (Lipinski definition) is 6. The second-order valence-corrected chi connectivity index (χ2v) is 8.22. The Kier molecular flexibility index (Phi) is 10.9. The Labute approximate surface area is 201 Å². The number of urea groups is 1. The van der Waals surface area contributed by atoms with E-state index in [-0.39, 0.29) is 11.4 Å². The van der Waals surface area contributed by atoms with Gasteiger partial charge in [0.25, 0.3) is 0 Å². The molecule has 16 heteroatoms. The minimum atomic E-state index is -5.08. The van der Waals surface area contributed by atoms with Gasteiger partial charge in [-0.05, 0) is 12.1 Å². The molecular weight excluding hydrogens is 506 g/mol. The minimum absolute atomic E-state index is 0.0387. The van der Waals surface area contributed by atoms with Crippen molar-refractivity contribution >= 4 is 18.0 Å². The number of nitrogens with zero attached hydrogens (tertiary/aromatic N) is 3. The van der Waals surface area contributed by atoms with Gasteiger partial charge in [-0.1, -0.05) is 6.07 Å². The number of carboxylic acids is 2. The first-order valence-electron chi connectivity index (χ1n) is 10.2. The molecule has 1 aromatic rings. The Balaban J connectivity index is 0.000000383. The summed E-state index contributed by atoms with van der Waals surface area (Å²) in [5.41, 5.74) is 1.14. The summed E-state index contributed by atoms with van der Waals surface area (Å²) in [7, 11) is 3.52. The summed E-state index contributed by atoms with van der Waals surface area (Å²) < 4.78 is 69.2. The molecule has 3 N–H and O–H groups in total. The smallest absolute Gasteiger partial charge is 0.475 e. The van der Waals surface area contributed by atoms with Gasteiger partial charge in [0, 0.05) is 57.8 Å². The number of aromatic nitrogens is 1. The molecule has 0 aromatic carbocycles. The topological polar surface area (TPSA) is 132 Å². The van der Waals surface area contributed by atoms with Crippen molar-refractivity contribution in [3.8, 4) is 0 Å². The van der Waals surface area contributed by atoms with Gasteiger partial charge in [0.15, 0.2) is 0 Å². The van der Waals surface area contributed by atoms with Gasteiger partial charge in [-0.3, -0.25) is 9.88 Å². The molecule has 3 heterocycles. The average Bonchev–Trinajstić information content (AvgIpc) is 3.29. The number of ether oxygens (including phenoxy) is 1. The van der Waals surface area contributed by atoms with Crippen LogP contribution in [-0.4, -0.2) is 102 Å². The van der Waals surface area contributed by atoms with Crippen LogP contribution in [0.5, 0.6) is 0 Å². The van der Waals surface area contributed by atoms with Crippen LogP contribution in [0, 0.1) is 11.3 Å². The Morgan fingerprint density at radius 1 is 1.14 bits per heavy atom. The number of fused-ring (bicyclic) bond motifs is 1. The zero-order chi connectivity index (χ0) is 27.7. The summed E-state index contributed by atoms with van der Waals surface area (Å²) in [6.07, 6.45) is -8.33. The van der Waals surface area contributed by atoms with Crippen molar-refractivity contribution in [1.82, 2.24) is 20.1 Å². The van der Waals surface area contributed by atoms with Gasteiger partial charge in [-0.25, -0.2) is 14.4 Å². The predicted octanol–water partition coefficient (Wildman–Crippen LogP) is 2.07. The molecule has 0 radical (unpaired) electrons. The number of alkyl halides is 6. The summed E-state index contributed by atoms with van der Waals surface area (Å²) >= 11 is 0. The summed E-state index contributed by atoms with van der Waals surface area (Å²) in [6.45, 7) is 5.01. The molecule has 10 nitrogen and oxygen atoms in total. The number of rotatable bonds is 4. The summed E-state index contributed by atoms with van der Waals surface area (Å²) in [4.78, 5) is 38.0. The Hall–Kier alpha value is -3.14. The number of aliphatic carboxylic acids is 2. The lowest BCUT2D eigenvalue weighted by Crippen LogP contribution is -2.45. The number of carboxylic acid groups (broad SMARTS) is 2. The molecule has 2 saturated heterocycles. The summed E-state index contributed by atoms with van der Waals surface area (Å²) in [6, 6.07) is 5.98. The molecule has 36 heavy (non-hydrogen) atoms. The van der Waals surface area contributed by atoms with E-state index in [0.29, 0.717) is 12.5 Å². The van der Waals surface area contributed by atoms with E-state index < -0.39 is 24.3 Å². The number of nitrogens with one attached hydrogen (secondary N) is 1. The van der Waals surface area contributed by atoms with Gasteiger partial charge in [-0.15, -0.1) is 0 Å². The molecule has 0 aliphatic carbocycles. The van der Waals surface area contributed by atoms with Crippen LogP contribution in [0.1, 0.15) is 5.69 Å². The first kappa shape index (κ1) is 30.9. The number of amides is 2. The molecule has 1 aromatic heterocycles. The second-order valence-electron chi connectivity index (χ2n) is 8.22. The van der Waals surface area contributed by atoms with Gasteiger partial charge < -0.3 is 25.2 Å². The van der Waals surface area contributed by atoms with Crippen molar-refractivity contribution in [2.45, 2.75) is 18.9 Å². The molecule has 2 aliphatic heterocycles. The number of likely N-dealkylation sites (tertiary alicyclic amines) is 1. The van der Waals surface area contributed by atoms with Crippen LogP contribution in [0.25, 0.3) is 0 Å². The fourth-order valence-electron chi connectivity index (χ4n) is 3.44. The third-order valence-corrected chi connectivity index (χ3v) is 5.19. The number of carbonyl (C=O) groups excluding carboxylic acids is 1. The normalized spacial score (nSPS) is 21.3. The monoisotopic (exact) mass is 532 g/mol. The van der Waals surface area contributed by atoms with Crippen molar-refractivity contribution in [2.75, 3.05) is 46.9 Å². The van der Waals surface area contributed by atoms with Gasteiger partial charge in [0.05, 0.1) is 18.9 Å². The van der Waals surface area contributed by atoms with Crippen LogP contribution >= 0.6 is 0 Å². The number of carbonyl (C=O) groups is 3. The first-order chi connectivity index (χ1) is 16.5. The maximum Gasteiger partial charge on any atom is 0.490 e. The standard InChI is InChI=1S/C16H24N4O2.2C2HF3O2/c1-19(2)15(21)18-10-16-11-20(7-13(16)9-22-12-16)8-14-5-3-4-6-17-14;2*3-2(4,5)1(6)7/h3-6,13H,7-12H2,1-2H3,(H,18,21);2*(H,6,7)/t13-,16+;;/m1../s1. The minimum Gasteiger partial charge on any atom is -0.475 e. The number of pyridine rings is 1. The Bertz CT molecular complexity index is 860. The fourth-order valence-corrected chi connectivity index (χ4v) is 3.44. The van der Waals surface area contributed by atoms with E-state index in [9.17, 15) is 31.1 Å². The van der Waals surface area contributed by atoms with E-state index in [1.54, 1.807) is 19.0 Å². The van der Waals surface area contributed by atoms with Crippen LogP contribution in [0.2, 0.25) is 0 Å². The lowest BCUT2D eigenvalue weighted by Gasteiger charge is -2.28. The molecule has 0 saturated carbocycles. The SMILES string of the molecule is CN(C)C(=O)NC[C@]12COC[C@H]1CN(Cc1ccccn1)C2.O=C(O)C(F)(F)F.O=C(O)C(F)(F)F. The highest BCUT2D eigenvalue weighted by atomic mass is 19.4. The Morgan fingerprint density at radius 2 is 1.69 bits per heavy atom. The van der Waals surface area contributed by atoms with Crippen molar-refractivity contribution < 1.29 is 55.7 Å². The zero-order valence-corrected chi connectivity index (χ0v) is 19.3. The van der Waals surface area contributed by atoms with Crippen molar-refractivity contribution in [3.05, 3.63) is 30.1 Å². The van der Waals surface area contributed by atoms with Gasteiger partial charge in [0.1, 0.15) is 0 Å². The zero-order valence-electron chi connectivity index (χ0n) is 19.3.